The fourth-order valence-corrected chi connectivity index (χ4v) is 1.22. The van der Waals surface area contributed by atoms with Gasteiger partial charge in [0, 0.05) is 13.2 Å². The number of nitrogens with zero attached hydrogens (tertiary/aromatic N) is 3. The zero-order valence-corrected chi connectivity index (χ0v) is 7.09. The summed E-state index contributed by atoms with van der Waals surface area (Å²) in [6, 6.07) is 2.03. The number of aromatic nitrogens is 2. The van der Waals surface area contributed by atoms with Crippen molar-refractivity contribution in [3.8, 4) is 6.07 Å². The monoisotopic (exact) mass is 199 g/mol. The van der Waals surface area contributed by atoms with Gasteiger partial charge in [0.25, 0.3) is 0 Å². The van der Waals surface area contributed by atoms with Gasteiger partial charge in [-0.3, -0.25) is 4.68 Å². The van der Waals surface area contributed by atoms with Crippen molar-refractivity contribution in [2.75, 3.05) is 0 Å². The Morgan fingerprint density at radius 1 is 1.90 bits per heavy atom. The number of aryl methyl sites for hydroxylation is 1. The molecule has 1 aromatic heterocycles. The number of rotatable bonds is 1. The summed E-state index contributed by atoms with van der Waals surface area (Å²) in [7, 11) is 1.83. The van der Waals surface area contributed by atoms with Gasteiger partial charge in [-0.25, -0.2) is 0 Å². The van der Waals surface area contributed by atoms with Gasteiger partial charge < -0.3 is 0 Å². The highest BCUT2D eigenvalue weighted by Crippen LogP contribution is 2.13. The molecule has 0 amide bonds. The zero-order valence-electron chi connectivity index (χ0n) is 5.50. The van der Waals surface area contributed by atoms with E-state index in [-0.39, 0.29) is 0 Å². The third kappa shape index (κ3) is 1.36. The van der Waals surface area contributed by atoms with Gasteiger partial charge in [-0.05, 0) is 15.9 Å². The summed E-state index contributed by atoms with van der Waals surface area (Å²) in [5, 5.41) is 12.4. The van der Waals surface area contributed by atoms with E-state index < -0.39 is 0 Å². The van der Waals surface area contributed by atoms with Crippen LogP contribution in [-0.4, -0.2) is 9.78 Å². The Labute approximate surface area is 67.4 Å². The van der Waals surface area contributed by atoms with Crippen LogP contribution in [-0.2, 0) is 13.5 Å². The molecule has 1 rings (SSSR count). The van der Waals surface area contributed by atoms with Crippen LogP contribution in [0.15, 0.2) is 10.7 Å². The van der Waals surface area contributed by atoms with Crippen LogP contribution in [0.4, 0.5) is 0 Å². The number of hydrogen-bond donors (Lipinski definition) is 0. The molecule has 52 valence electrons. The van der Waals surface area contributed by atoms with Gasteiger partial charge >= 0.3 is 0 Å². The molecule has 3 nitrogen and oxygen atoms in total. The third-order valence-electron chi connectivity index (χ3n) is 1.10. The van der Waals surface area contributed by atoms with Gasteiger partial charge in [0.15, 0.2) is 0 Å². The Kier molecular flexibility index (Phi) is 2.07. The standard InChI is InChI=1S/C6H6BrN3/c1-10-4-5(7)6(9-10)2-3-8/h4H,2H2,1H3. The van der Waals surface area contributed by atoms with Crippen LogP contribution in [0.1, 0.15) is 5.69 Å². The quantitative estimate of drug-likeness (QED) is 0.684. The molecule has 0 unspecified atom stereocenters. The summed E-state index contributed by atoms with van der Waals surface area (Å²) in [6.45, 7) is 0. The van der Waals surface area contributed by atoms with E-state index in [0.29, 0.717) is 6.42 Å². The first-order valence-electron chi connectivity index (χ1n) is 2.79. The average molecular weight is 200 g/mol. The molecule has 0 saturated carbocycles. The lowest BCUT2D eigenvalue weighted by atomic mass is 10.3. The summed E-state index contributed by atoms with van der Waals surface area (Å²) in [5.41, 5.74) is 0.796. The topological polar surface area (TPSA) is 41.6 Å². The van der Waals surface area contributed by atoms with Gasteiger partial charge in [-0.15, -0.1) is 0 Å². The predicted octanol–water partition coefficient (Wildman–Crippen LogP) is 1.25. The second kappa shape index (κ2) is 2.84. The molecule has 1 aromatic rings. The average Bonchev–Trinajstić information content (AvgIpc) is 2.13. The summed E-state index contributed by atoms with van der Waals surface area (Å²) < 4.78 is 2.58. The van der Waals surface area contributed by atoms with E-state index in [1.807, 2.05) is 19.3 Å². The van der Waals surface area contributed by atoms with Crippen molar-refractivity contribution in [1.82, 2.24) is 9.78 Å². The highest BCUT2D eigenvalue weighted by Gasteiger charge is 2.01. The lowest BCUT2D eigenvalue weighted by molar-refractivity contribution is 0.751. The summed E-state index contributed by atoms with van der Waals surface area (Å²) in [4.78, 5) is 0. The van der Waals surface area contributed by atoms with E-state index in [1.54, 1.807) is 4.68 Å². The zero-order chi connectivity index (χ0) is 7.56. The van der Waals surface area contributed by atoms with Crippen molar-refractivity contribution in [2.45, 2.75) is 6.42 Å². The molecule has 0 atom stereocenters. The van der Waals surface area contributed by atoms with Crippen LogP contribution in [0.2, 0.25) is 0 Å². The molecule has 4 heteroatoms. The molecule has 0 aliphatic rings. The van der Waals surface area contributed by atoms with E-state index >= 15 is 0 Å². The minimum absolute atomic E-state index is 0.363. The van der Waals surface area contributed by atoms with Crippen LogP contribution < -0.4 is 0 Å². The molecule has 0 N–H and O–H groups in total. The van der Waals surface area contributed by atoms with Crippen molar-refractivity contribution in [1.29, 1.82) is 5.26 Å². The van der Waals surface area contributed by atoms with E-state index in [9.17, 15) is 0 Å². The molecule has 0 aromatic carbocycles. The normalized spacial score (nSPS) is 9.30. The molecule has 0 radical (unpaired) electrons. The predicted molar refractivity (Wildman–Crippen MR) is 40.2 cm³/mol. The van der Waals surface area contributed by atoms with Gasteiger partial charge in [0.1, 0.15) is 0 Å². The molecule has 0 fully saturated rings. The van der Waals surface area contributed by atoms with Crippen molar-refractivity contribution >= 4 is 15.9 Å². The maximum Gasteiger partial charge on any atom is 0.0906 e. The van der Waals surface area contributed by atoms with E-state index in [2.05, 4.69) is 21.0 Å². The fourth-order valence-electron chi connectivity index (χ4n) is 0.700. The Morgan fingerprint density at radius 2 is 2.60 bits per heavy atom. The van der Waals surface area contributed by atoms with Gasteiger partial charge in [-0.1, -0.05) is 0 Å². The van der Waals surface area contributed by atoms with Crippen LogP contribution in [0.25, 0.3) is 0 Å². The Hall–Kier alpha value is -0.820. The van der Waals surface area contributed by atoms with Crippen LogP contribution in [0.3, 0.4) is 0 Å². The molecule has 0 spiro atoms. The highest BCUT2D eigenvalue weighted by atomic mass is 79.9. The number of nitriles is 1. The van der Waals surface area contributed by atoms with Crippen LogP contribution in [0.5, 0.6) is 0 Å². The molecule has 0 aliphatic heterocycles. The molecule has 1 heterocycles. The lowest BCUT2D eigenvalue weighted by Crippen LogP contribution is -1.89. The van der Waals surface area contributed by atoms with E-state index in [4.69, 9.17) is 5.26 Å². The highest BCUT2D eigenvalue weighted by molar-refractivity contribution is 9.10. The molecule has 0 saturated heterocycles. The van der Waals surface area contributed by atoms with Gasteiger partial charge in [-0.2, -0.15) is 10.4 Å². The van der Waals surface area contributed by atoms with Crippen LogP contribution >= 0.6 is 15.9 Å². The maximum absolute atomic E-state index is 8.33. The lowest BCUT2D eigenvalue weighted by Gasteiger charge is -1.83. The van der Waals surface area contributed by atoms with Crippen molar-refractivity contribution < 1.29 is 0 Å². The molecule has 10 heavy (non-hydrogen) atoms. The van der Waals surface area contributed by atoms with Gasteiger partial charge in [0.05, 0.1) is 22.7 Å². The fraction of sp³-hybridized carbons (Fsp3) is 0.333. The molecular weight excluding hydrogens is 194 g/mol. The molecule has 0 bridgehead atoms. The summed E-state index contributed by atoms with van der Waals surface area (Å²) >= 11 is 3.28. The molecular formula is C6H6BrN3. The minimum atomic E-state index is 0.363. The van der Waals surface area contributed by atoms with Crippen molar-refractivity contribution in [3.63, 3.8) is 0 Å². The summed E-state index contributed by atoms with van der Waals surface area (Å²) in [5.74, 6) is 0. The van der Waals surface area contributed by atoms with Crippen molar-refractivity contribution in [2.24, 2.45) is 7.05 Å². The number of hydrogen-bond acceptors (Lipinski definition) is 2. The van der Waals surface area contributed by atoms with E-state index in [1.165, 1.54) is 0 Å². The second-order valence-corrected chi connectivity index (χ2v) is 2.79. The number of halogens is 1. The SMILES string of the molecule is Cn1cc(Br)c(CC#N)n1. The first-order valence-corrected chi connectivity index (χ1v) is 3.58. The Morgan fingerprint density at radius 3 is 3.00 bits per heavy atom. The Bertz CT molecular complexity index is 271. The molecule has 0 aliphatic carbocycles. The first-order chi connectivity index (χ1) is 4.74. The second-order valence-electron chi connectivity index (χ2n) is 1.93. The maximum atomic E-state index is 8.33. The first kappa shape index (κ1) is 7.29. The smallest absolute Gasteiger partial charge is 0.0906 e. The van der Waals surface area contributed by atoms with Crippen molar-refractivity contribution in [3.05, 3.63) is 16.4 Å². The largest absolute Gasteiger partial charge is 0.274 e. The summed E-state index contributed by atoms with van der Waals surface area (Å²) in [6.07, 6.45) is 2.19. The third-order valence-corrected chi connectivity index (χ3v) is 1.76. The van der Waals surface area contributed by atoms with Crippen LogP contribution in [0, 0.1) is 11.3 Å². The Balaban J connectivity index is 2.94. The van der Waals surface area contributed by atoms with Gasteiger partial charge in [0.2, 0.25) is 0 Å². The minimum Gasteiger partial charge on any atom is -0.274 e. The van der Waals surface area contributed by atoms with E-state index in [0.717, 1.165) is 10.2 Å².